The van der Waals surface area contributed by atoms with Gasteiger partial charge in [-0.05, 0) is 37.0 Å². The van der Waals surface area contributed by atoms with Crippen LogP contribution >= 0.6 is 0 Å². The highest BCUT2D eigenvalue weighted by Gasteiger charge is 2.22. The summed E-state index contributed by atoms with van der Waals surface area (Å²) in [6, 6.07) is 9.97. The maximum Gasteiger partial charge on any atom is 0.236 e. The largest absolute Gasteiger partial charge is 0.342 e. The highest BCUT2D eigenvalue weighted by molar-refractivity contribution is 5.78. The molecule has 5 nitrogen and oxygen atoms in total. The Morgan fingerprint density at radius 1 is 0.917 bits per heavy atom. The Morgan fingerprint density at radius 3 is 2.17 bits per heavy atom. The van der Waals surface area contributed by atoms with Crippen molar-refractivity contribution in [3.8, 4) is 6.07 Å². The molecular weight excluding hydrogens is 300 g/mol. The SMILES string of the molecule is N#Cc1ccc(CN2CCN(CC(=O)N3CCCCC3)CC2)cc1. The predicted octanol–water partition coefficient (Wildman–Crippen LogP) is 1.69. The van der Waals surface area contributed by atoms with E-state index in [4.69, 9.17) is 5.26 Å². The molecule has 0 unspecified atom stereocenters. The topological polar surface area (TPSA) is 50.6 Å². The molecule has 0 radical (unpaired) electrons. The zero-order valence-corrected chi connectivity index (χ0v) is 14.3. The Bertz CT molecular complexity index is 578. The quantitative estimate of drug-likeness (QED) is 0.845. The molecule has 1 amide bonds. The molecule has 0 aromatic heterocycles. The highest BCUT2D eigenvalue weighted by Crippen LogP contribution is 2.12. The van der Waals surface area contributed by atoms with Crippen LogP contribution < -0.4 is 0 Å². The van der Waals surface area contributed by atoms with Crippen molar-refractivity contribution in [2.45, 2.75) is 25.8 Å². The van der Waals surface area contributed by atoms with Crippen LogP contribution in [-0.2, 0) is 11.3 Å². The van der Waals surface area contributed by atoms with Gasteiger partial charge in [-0.25, -0.2) is 0 Å². The fraction of sp³-hybridized carbons (Fsp3) is 0.579. The van der Waals surface area contributed by atoms with Gasteiger partial charge in [0.2, 0.25) is 5.91 Å². The maximum atomic E-state index is 12.3. The molecule has 1 aromatic rings. The summed E-state index contributed by atoms with van der Waals surface area (Å²) in [7, 11) is 0. The number of amides is 1. The molecule has 0 spiro atoms. The summed E-state index contributed by atoms with van der Waals surface area (Å²) in [4.78, 5) is 19.1. The summed E-state index contributed by atoms with van der Waals surface area (Å²) in [6.07, 6.45) is 3.58. The number of piperidine rings is 1. The highest BCUT2D eigenvalue weighted by atomic mass is 16.2. The van der Waals surface area contributed by atoms with Crippen LogP contribution in [-0.4, -0.2) is 66.4 Å². The van der Waals surface area contributed by atoms with E-state index in [0.29, 0.717) is 18.0 Å². The van der Waals surface area contributed by atoms with Gasteiger partial charge in [0.15, 0.2) is 0 Å². The van der Waals surface area contributed by atoms with Crippen molar-refractivity contribution in [3.63, 3.8) is 0 Å². The van der Waals surface area contributed by atoms with Gasteiger partial charge < -0.3 is 4.90 Å². The third kappa shape index (κ3) is 4.56. The van der Waals surface area contributed by atoms with Crippen LogP contribution in [0.5, 0.6) is 0 Å². The first-order valence-electron chi connectivity index (χ1n) is 8.96. The second kappa shape index (κ2) is 8.27. The zero-order chi connectivity index (χ0) is 16.8. The first-order valence-corrected chi connectivity index (χ1v) is 8.96. The summed E-state index contributed by atoms with van der Waals surface area (Å²) in [5, 5.41) is 8.85. The van der Waals surface area contributed by atoms with E-state index >= 15 is 0 Å². The molecule has 0 bridgehead atoms. The Morgan fingerprint density at radius 2 is 1.54 bits per heavy atom. The van der Waals surface area contributed by atoms with Crippen LogP contribution in [0.4, 0.5) is 0 Å². The van der Waals surface area contributed by atoms with E-state index in [9.17, 15) is 4.79 Å². The number of carbonyl (C=O) groups is 1. The molecule has 2 saturated heterocycles. The van der Waals surface area contributed by atoms with Crippen molar-refractivity contribution in [2.24, 2.45) is 0 Å². The van der Waals surface area contributed by atoms with Crippen molar-refractivity contribution in [1.82, 2.24) is 14.7 Å². The number of likely N-dealkylation sites (tertiary alicyclic amines) is 1. The van der Waals surface area contributed by atoms with Crippen LogP contribution in [0.25, 0.3) is 0 Å². The Hall–Kier alpha value is -1.90. The van der Waals surface area contributed by atoms with E-state index in [1.807, 2.05) is 29.2 Å². The zero-order valence-electron chi connectivity index (χ0n) is 14.3. The Labute approximate surface area is 144 Å². The lowest BCUT2D eigenvalue weighted by Crippen LogP contribution is -2.50. The lowest BCUT2D eigenvalue weighted by Gasteiger charge is -2.36. The van der Waals surface area contributed by atoms with Crippen molar-refractivity contribution >= 4 is 5.91 Å². The molecule has 0 saturated carbocycles. The smallest absolute Gasteiger partial charge is 0.236 e. The summed E-state index contributed by atoms with van der Waals surface area (Å²) < 4.78 is 0. The average molecular weight is 326 g/mol. The molecule has 24 heavy (non-hydrogen) atoms. The van der Waals surface area contributed by atoms with E-state index in [0.717, 1.165) is 58.7 Å². The summed E-state index contributed by atoms with van der Waals surface area (Å²) in [5.74, 6) is 0.301. The second-order valence-electron chi connectivity index (χ2n) is 6.80. The molecular formula is C19H26N4O. The summed E-state index contributed by atoms with van der Waals surface area (Å²) >= 11 is 0. The number of carbonyl (C=O) groups excluding carboxylic acids is 1. The predicted molar refractivity (Wildman–Crippen MR) is 93.3 cm³/mol. The van der Waals surface area contributed by atoms with E-state index in [1.54, 1.807) is 0 Å². The van der Waals surface area contributed by atoms with Crippen molar-refractivity contribution in [1.29, 1.82) is 5.26 Å². The first-order chi connectivity index (χ1) is 11.7. The number of rotatable bonds is 4. The molecule has 3 rings (SSSR count). The van der Waals surface area contributed by atoms with Crippen molar-refractivity contribution in [3.05, 3.63) is 35.4 Å². The minimum absolute atomic E-state index is 0.301. The number of nitriles is 1. The van der Waals surface area contributed by atoms with Crippen LogP contribution in [0.3, 0.4) is 0 Å². The minimum atomic E-state index is 0.301. The number of hydrogen-bond acceptors (Lipinski definition) is 4. The molecule has 1 aromatic carbocycles. The van der Waals surface area contributed by atoms with Gasteiger partial charge in [-0.1, -0.05) is 12.1 Å². The molecule has 2 heterocycles. The summed E-state index contributed by atoms with van der Waals surface area (Å²) in [6.45, 7) is 7.27. The Balaban J connectivity index is 1.42. The standard InChI is InChI=1S/C19H26N4O/c20-14-17-4-6-18(7-5-17)15-21-10-12-22(13-11-21)16-19(24)23-8-2-1-3-9-23/h4-7H,1-3,8-13,15-16H2. The van der Waals surface area contributed by atoms with Gasteiger partial charge in [0.1, 0.15) is 0 Å². The van der Waals surface area contributed by atoms with E-state index < -0.39 is 0 Å². The van der Waals surface area contributed by atoms with Crippen LogP contribution in [0.15, 0.2) is 24.3 Å². The van der Waals surface area contributed by atoms with Crippen LogP contribution in [0.2, 0.25) is 0 Å². The first kappa shape index (κ1) is 16.9. The van der Waals surface area contributed by atoms with Gasteiger partial charge in [-0.2, -0.15) is 5.26 Å². The van der Waals surface area contributed by atoms with Gasteiger partial charge in [0, 0.05) is 45.8 Å². The van der Waals surface area contributed by atoms with Gasteiger partial charge in [-0.3, -0.25) is 14.6 Å². The molecule has 0 aliphatic carbocycles. The van der Waals surface area contributed by atoms with Crippen LogP contribution in [0.1, 0.15) is 30.4 Å². The number of nitrogens with zero attached hydrogens (tertiary/aromatic N) is 4. The molecule has 5 heteroatoms. The average Bonchev–Trinajstić information content (AvgIpc) is 2.65. The number of hydrogen-bond donors (Lipinski definition) is 0. The maximum absolute atomic E-state index is 12.3. The Kier molecular flexibility index (Phi) is 5.84. The molecule has 2 fully saturated rings. The lowest BCUT2D eigenvalue weighted by atomic mass is 10.1. The van der Waals surface area contributed by atoms with Crippen molar-refractivity contribution in [2.75, 3.05) is 45.8 Å². The lowest BCUT2D eigenvalue weighted by molar-refractivity contribution is -0.133. The number of piperazine rings is 1. The fourth-order valence-electron chi connectivity index (χ4n) is 3.48. The minimum Gasteiger partial charge on any atom is -0.342 e. The second-order valence-corrected chi connectivity index (χ2v) is 6.80. The monoisotopic (exact) mass is 326 g/mol. The van der Waals surface area contributed by atoms with Crippen LogP contribution in [0, 0.1) is 11.3 Å². The van der Waals surface area contributed by atoms with Crippen molar-refractivity contribution < 1.29 is 4.79 Å². The van der Waals surface area contributed by atoms with E-state index in [-0.39, 0.29) is 0 Å². The third-order valence-electron chi connectivity index (χ3n) is 5.02. The fourth-order valence-corrected chi connectivity index (χ4v) is 3.48. The van der Waals surface area contributed by atoms with Gasteiger partial charge in [-0.15, -0.1) is 0 Å². The summed E-state index contributed by atoms with van der Waals surface area (Å²) in [5.41, 5.74) is 1.95. The van der Waals surface area contributed by atoms with E-state index in [2.05, 4.69) is 15.9 Å². The van der Waals surface area contributed by atoms with Gasteiger partial charge in [0.25, 0.3) is 0 Å². The van der Waals surface area contributed by atoms with Gasteiger partial charge >= 0.3 is 0 Å². The molecule has 128 valence electrons. The van der Waals surface area contributed by atoms with Gasteiger partial charge in [0.05, 0.1) is 18.2 Å². The molecule has 2 aliphatic rings. The number of benzene rings is 1. The molecule has 0 N–H and O–H groups in total. The molecule has 2 aliphatic heterocycles. The molecule has 0 atom stereocenters. The van der Waals surface area contributed by atoms with E-state index in [1.165, 1.54) is 12.0 Å². The normalized spacial score (nSPS) is 19.9. The third-order valence-corrected chi connectivity index (χ3v) is 5.02.